The van der Waals surface area contributed by atoms with Crippen LogP contribution in [0.1, 0.15) is 25.3 Å². The zero-order valence-corrected chi connectivity index (χ0v) is 14.2. The van der Waals surface area contributed by atoms with Crippen molar-refractivity contribution in [3.8, 4) is 5.75 Å². The fourth-order valence-corrected chi connectivity index (χ4v) is 6.13. The van der Waals surface area contributed by atoms with Crippen molar-refractivity contribution in [2.45, 2.75) is 25.5 Å². The molecular formula is C14H24O4S2. The quantitative estimate of drug-likeness (QED) is 0.737. The number of hydrogen-bond donors (Lipinski definition) is 0. The second-order valence-electron chi connectivity index (χ2n) is 5.11. The first kappa shape index (κ1) is 17.3. The lowest BCUT2D eigenvalue weighted by Crippen LogP contribution is -2.15. The molecular weight excluding hydrogens is 296 g/mol. The van der Waals surface area contributed by atoms with Gasteiger partial charge in [-0.2, -0.15) is 8.42 Å². The van der Waals surface area contributed by atoms with E-state index in [-0.39, 0.29) is 5.75 Å². The van der Waals surface area contributed by atoms with Gasteiger partial charge in [0.25, 0.3) is 10.1 Å². The molecule has 0 atom stereocenters. The van der Waals surface area contributed by atoms with Gasteiger partial charge in [0.2, 0.25) is 0 Å². The van der Waals surface area contributed by atoms with Gasteiger partial charge >= 0.3 is 0 Å². The molecule has 0 unspecified atom stereocenters. The highest BCUT2D eigenvalue weighted by atomic mass is 32.3. The van der Waals surface area contributed by atoms with Gasteiger partial charge in [0.15, 0.2) is 0 Å². The van der Waals surface area contributed by atoms with Crippen LogP contribution in [0.4, 0.5) is 0 Å². The van der Waals surface area contributed by atoms with Gasteiger partial charge in [0.05, 0.1) is 12.9 Å². The van der Waals surface area contributed by atoms with Crippen molar-refractivity contribution in [2.75, 3.05) is 25.4 Å². The third-order valence-corrected chi connectivity index (χ3v) is 6.83. The maximum atomic E-state index is 11.9. The summed E-state index contributed by atoms with van der Waals surface area (Å²) < 4.78 is 34.3. The first-order valence-corrected chi connectivity index (χ1v) is 10.7. The lowest BCUT2D eigenvalue weighted by molar-refractivity contribution is 0.414. The van der Waals surface area contributed by atoms with E-state index in [4.69, 9.17) is 8.37 Å². The van der Waals surface area contributed by atoms with Gasteiger partial charge in [-0.3, -0.25) is 0 Å². The zero-order valence-electron chi connectivity index (χ0n) is 12.6. The van der Waals surface area contributed by atoms with Crippen LogP contribution in [0.3, 0.4) is 0 Å². The molecule has 0 aromatic heterocycles. The Kier molecular flexibility index (Phi) is 6.36. The van der Waals surface area contributed by atoms with Crippen molar-refractivity contribution >= 4 is 20.4 Å². The molecule has 0 spiro atoms. The molecule has 0 radical (unpaired) electrons. The van der Waals surface area contributed by atoms with E-state index in [2.05, 4.69) is 0 Å². The van der Waals surface area contributed by atoms with E-state index < -0.39 is 20.4 Å². The third-order valence-electron chi connectivity index (χ3n) is 2.71. The summed E-state index contributed by atoms with van der Waals surface area (Å²) in [5.41, 5.74) is 1.05. The molecule has 6 heteroatoms. The summed E-state index contributed by atoms with van der Waals surface area (Å²) in [5, 5.41) is 0. The Labute approximate surface area is 124 Å². The fraction of sp³-hybridized carbons (Fsp3) is 0.571. The second-order valence-corrected chi connectivity index (χ2v) is 10.3. The molecule has 0 amide bonds. The number of unbranched alkanes of at least 4 members (excludes halogenated alkanes) is 1. The van der Waals surface area contributed by atoms with E-state index in [9.17, 15) is 8.42 Å². The maximum absolute atomic E-state index is 11.9. The molecule has 4 nitrogen and oxygen atoms in total. The van der Waals surface area contributed by atoms with E-state index in [1.807, 2.05) is 43.7 Å². The highest BCUT2D eigenvalue weighted by Crippen LogP contribution is 2.46. The Hall–Kier alpha value is -0.720. The molecule has 20 heavy (non-hydrogen) atoms. The average Bonchev–Trinajstić information content (AvgIpc) is 2.35. The average molecular weight is 320 g/mol. The van der Waals surface area contributed by atoms with Crippen LogP contribution >= 0.6 is 10.3 Å². The van der Waals surface area contributed by atoms with E-state index in [0.717, 1.165) is 17.7 Å². The van der Waals surface area contributed by atoms with Gasteiger partial charge < -0.3 is 4.74 Å². The minimum Gasteiger partial charge on any atom is -0.497 e. The van der Waals surface area contributed by atoms with Crippen LogP contribution < -0.4 is 4.74 Å². The minimum absolute atomic E-state index is 0.0997. The predicted molar refractivity (Wildman–Crippen MR) is 85.9 cm³/mol. The van der Waals surface area contributed by atoms with E-state index in [1.54, 1.807) is 7.11 Å². The van der Waals surface area contributed by atoms with Gasteiger partial charge in [-0.1, -0.05) is 25.5 Å². The van der Waals surface area contributed by atoms with E-state index in [1.165, 1.54) is 0 Å². The predicted octanol–water partition coefficient (Wildman–Crippen LogP) is 3.32. The minimum atomic E-state index is -3.42. The topological polar surface area (TPSA) is 52.6 Å². The molecule has 0 saturated heterocycles. The van der Waals surface area contributed by atoms with Crippen LogP contribution in [0.2, 0.25) is 0 Å². The van der Waals surface area contributed by atoms with Crippen molar-refractivity contribution in [3.05, 3.63) is 29.8 Å². The van der Waals surface area contributed by atoms with Crippen molar-refractivity contribution in [1.82, 2.24) is 0 Å². The smallest absolute Gasteiger partial charge is 0.276 e. The molecule has 0 fully saturated rings. The van der Waals surface area contributed by atoms with Gasteiger partial charge in [0, 0.05) is 5.75 Å². The molecule has 0 bridgehead atoms. The number of benzene rings is 1. The Bertz CT molecular complexity index is 506. The fourth-order valence-electron chi connectivity index (χ4n) is 1.78. The van der Waals surface area contributed by atoms with Gasteiger partial charge in [-0.05, 0) is 36.6 Å². The number of methoxy groups -OCH3 is 1. The van der Waals surface area contributed by atoms with Crippen molar-refractivity contribution in [1.29, 1.82) is 0 Å². The highest BCUT2D eigenvalue weighted by Gasteiger charge is 2.22. The van der Waals surface area contributed by atoms with Crippen molar-refractivity contribution < 1.29 is 16.8 Å². The molecule has 0 aliphatic rings. The molecule has 0 saturated carbocycles. The molecule has 1 aromatic rings. The Balaban J connectivity index is 2.68. The molecule has 0 heterocycles. The molecule has 0 aliphatic heterocycles. The zero-order chi connectivity index (χ0) is 15.2. The van der Waals surface area contributed by atoms with Crippen LogP contribution in [-0.4, -0.2) is 33.8 Å². The monoisotopic (exact) mass is 320 g/mol. The maximum Gasteiger partial charge on any atom is 0.276 e. The standard InChI is InChI=1S/C14H24O4S2/c1-5-6-11-20(15,16)18-19(3,4)12-13-7-9-14(17-2)10-8-13/h7-10H,5-6,11-12H2,1-4H3. The molecule has 0 N–H and O–H groups in total. The van der Waals surface area contributed by atoms with Crippen LogP contribution in [0.25, 0.3) is 0 Å². The van der Waals surface area contributed by atoms with Crippen LogP contribution in [-0.2, 0) is 19.5 Å². The van der Waals surface area contributed by atoms with Gasteiger partial charge in [-0.25, -0.2) is 3.63 Å². The lowest BCUT2D eigenvalue weighted by atomic mass is 10.2. The first-order valence-electron chi connectivity index (χ1n) is 6.55. The first-order chi connectivity index (χ1) is 9.28. The molecule has 1 rings (SSSR count). The summed E-state index contributed by atoms with van der Waals surface area (Å²) in [6, 6.07) is 7.62. The van der Waals surface area contributed by atoms with Crippen LogP contribution in [0, 0.1) is 0 Å². The van der Waals surface area contributed by atoms with Crippen molar-refractivity contribution in [2.24, 2.45) is 0 Å². The van der Waals surface area contributed by atoms with Gasteiger partial charge in [0.1, 0.15) is 5.75 Å². The summed E-state index contributed by atoms with van der Waals surface area (Å²) in [6.07, 6.45) is 5.23. The summed E-state index contributed by atoms with van der Waals surface area (Å²) in [7, 11) is -3.47. The Morgan fingerprint density at radius 3 is 2.20 bits per heavy atom. The summed E-state index contributed by atoms with van der Waals surface area (Å²) in [4.78, 5) is 0. The molecule has 116 valence electrons. The summed E-state index contributed by atoms with van der Waals surface area (Å²) >= 11 is 0. The Morgan fingerprint density at radius 1 is 1.10 bits per heavy atom. The van der Waals surface area contributed by atoms with Crippen LogP contribution in [0.5, 0.6) is 5.75 Å². The molecule has 0 aliphatic carbocycles. The number of rotatable bonds is 8. The largest absolute Gasteiger partial charge is 0.497 e. The summed E-state index contributed by atoms with van der Waals surface area (Å²) in [6.45, 7) is 1.96. The number of hydrogen-bond acceptors (Lipinski definition) is 4. The highest BCUT2D eigenvalue weighted by molar-refractivity contribution is 8.31. The SMILES string of the molecule is CCCCS(=O)(=O)OS(C)(C)Cc1ccc(OC)cc1. The van der Waals surface area contributed by atoms with E-state index >= 15 is 0 Å². The van der Waals surface area contributed by atoms with Crippen molar-refractivity contribution in [3.63, 3.8) is 0 Å². The Morgan fingerprint density at radius 2 is 1.70 bits per heavy atom. The van der Waals surface area contributed by atoms with E-state index in [0.29, 0.717) is 12.2 Å². The lowest BCUT2D eigenvalue weighted by Gasteiger charge is -2.30. The van der Waals surface area contributed by atoms with Crippen LogP contribution in [0.15, 0.2) is 24.3 Å². The molecule has 1 aromatic carbocycles. The third kappa shape index (κ3) is 6.15. The second kappa shape index (κ2) is 7.33. The number of ether oxygens (including phenoxy) is 1. The summed E-state index contributed by atoms with van der Waals surface area (Å²) in [5.74, 6) is 1.50. The van der Waals surface area contributed by atoms with Gasteiger partial charge in [-0.15, -0.1) is 10.3 Å². The normalized spacial score (nSPS) is 13.2.